The molecule has 2 atom stereocenters. The van der Waals surface area contributed by atoms with Crippen molar-refractivity contribution < 1.29 is 22.7 Å². The number of amides is 1. The number of likely N-dealkylation sites (tertiary alicyclic amines) is 1. The zero-order chi connectivity index (χ0) is 25.0. The molecule has 0 radical (unpaired) electrons. The molecule has 2 aromatic carbocycles. The van der Waals surface area contributed by atoms with Gasteiger partial charge in [-0.25, -0.2) is 4.98 Å². The Morgan fingerprint density at radius 2 is 1.80 bits per heavy atom. The number of hydrogen-bond acceptors (Lipinski definition) is 5. The van der Waals surface area contributed by atoms with E-state index in [1.165, 1.54) is 12.1 Å². The summed E-state index contributed by atoms with van der Waals surface area (Å²) in [6, 6.07) is 17.0. The fourth-order valence-electron chi connectivity index (χ4n) is 4.25. The molecule has 6 nitrogen and oxygen atoms in total. The summed E-state index contributed by atoms with van der Waals surface area (Å²) in [5, 5.41) is 12.1. The Bertz CT molecular complexity index is 1200. The molecule has 180 valence electrons. The van der Waals surface area contributed by atoms with E-state index in [-0.39, 0.29) is 17.6 Å². The van der Waals surface area contributed by atoms with E-state index in [0.29, 0.717) is 31.0 Å². The third-order valence-corrected chi connectivity index (χ3v) is 6.03. The molecular weight excluding hydrogens is 457 g/mol. The van der Waals surface area contributed by atoms with Crippen molar-refractivity contribution in [3.05, 3.63) is 94.7 Å². The molecular formula is C26H23F3N4O2. The highest BCUT2D eigenvalue weighted by atomic mass is 19.4. The first kappa shape index (κ1) is 24.2. The molecule has 35 heavy (non-hydrogen) atoms. The largest absolute Gasteiger partial charge is 0.481 e. The predicted molar refractivity (Wildman–Crippen MR) is 123 cm³/mol. The Kier molecular flexibility index (Phi) is 7.03. The zero-order valence-electron chi connectivity index (χ0n) is 18.9. The van der Waals surface area contributed by atoms with E-state index < -0.39 is 17.6 Å². The summed E-state index contributed by atoms with van der Waals surface area (Å²) in [5.74, 6) is 0.0852. The average Bonchev–Trinajstić information content (AvgIpc) is 3.32. The van der Waals surface area contributed by atoms with E-state index in [1.807, 2.05) is 18.2 Å². The predicted octanol–water partition coefficient (Wildman–Crippen LogP) is 4.57. The first-order valence-corrected chi connectivity index (χ1v) is 11.0. The molecule has 1 fully saturated rings. The molecule has 2 heterocycles. The molecule has 1 saturated heterocycles. The van der Waals surface area contributed by atoms with Gasteiger partial charge in [0.25, 0.3) is 5.91 Å². The van der Waals surface area contributed by atoms with Gasteiger partial charge in [-0.15, -0.1) is 0 Å². The van der Waals surface area contributed by atoms with Crippen LogP contribution in [0, 0.1) is 11.3 Å². The number of benzene rings is 2. The Morgan fingerprint density at radius 1 is 1.11 bits per heavy atom. The van der Waals surface area contributed by atoms with Gasteiger partial charge in [-0.2, -0.15) is 18.4 Å². The number of ether oxygens (including phenoxy) is 1. The lowest BCUT2D eigenvalue weighted by molar-refractivity contribution is -0.137. The van der Waals surface area contributed by atoms with E-state index in [0.717, 1.165) is 23.3 Å². The highest BCUT2D eigenvalue weighted by Crippen LogP contribution is 2.32. The van der Waals surface area contributed by atoms with E-state index in [9.17, 15) is 18.0 Å². The van der Waals surface area contributed by atoms with Crippen molar-refractivity contribution in [3.8, 4) is 11.9 Å². The number of pyridine rings is 1. The van der Waals surface area contributed by atoms with Gasteiger partial charge in [-0.05, 0) is 53.9 Å². The van der Waals surface area contributed by atoms with Crippen LogP contribution in [-0.2, 0) is 6.18 Å². The fraction of sp³-hybridized carbons (Fsp3) is 0.269. The molecule has 4 rings (SSSR count). The zero-order valence-corrected chi connectivity index (χ0v) is 18.9. The molecule has 1 aliphatic rings. The lowest BCUT2D eigenvalue weighted by Crippen LogP contribution is -2.38. The van der Waals surface area contributed by atoms with Crippen molar-refractivity contribution >= 4 is 5.91 Å². The Balaban J connectivity index is 1.50. The first-order chi connectivity index (χ1) is 16.8. The van der Waals surface area contributed by atoms with E-state index >= 15 is 0 Å². The topological polar surface area (TPSA) is 78.2 Å². The van der Waals surface area contributed by atoms with Crippen LogP contribution in [0.1, 0.15) is 45.1 Å². The summed E-state index contributed by atoms with van der Waals surface area (Å²) >= 11 is 0. The van der Waals surface area contributed by atoms with Crippen molar-refractivity contribution in [1.29, 1.82) is 5.26 Å². The second-order valence-corrected chi connectivity index (χ2v) is 8.30. The minimum Gasteiger partial charge on any atom is -0.481 e. The average molecular weight is 480 g/mol. The molecule has 1 amide bonds. The van der Waals surface area contributed by atoms with Crippen molar-refractivity contribution in [1.82, 2.24) is 15.2 Å². The van der Waals surface area contributed by atoms with Crippen LogP contribution >= 0.6 is 0 Å². The van der Waals surface area contributed by atoms with Crippen molar-refractivity contribution in [2.45, 2.75) is 24.7 Å². The lowest BCUT2D eigenvalue weighted by atomic mass is 9.97. The smallest absolute Gasteiger partial charge is 0.416 e. The number of halogens is 3. The summed E-state index contributed by atoms with van der Waals surface area (Å²) in [6.45, 7) is 1.23. The van der Waals surface area contributed by atoms with Crippen molar-refractivity contribution in [3.63, 3.8) is 0 Å². The summed E-state index contributed by atoms with van der Waals surface area (Å²) in [5.41, 5.74) is 1.86. The number of nitriles is 1. The number of aromatic nitrogens is 1. The van der Waals surface area contributed by atoms with Crippen LogP contribution < -0.4 is 10.1 Å². The molecule has 1 N–H and O–H groups in total. The monoisotopic (exact) mass is 480 g/mol. The third kappa shape index (κ3) is 5.61. The second-order valence-electron chi connectivity index (χ2n) is 8.30. The third-order valence-electron chi connectivity index (χ3n) is 6.03. The number of carbonyl (C=O) groups is 1. The van der Waals surface area contributed by atoms with Gasteiger partial charge in [-0.1, -0.05) is 18.2 Å². The van der Waals surface area contributed by atoms with E-state index in [2.05, 4.69) is 21.3 Å². The number of alkyl halides is 3. The minimum atomic E-state index is -4.45. The maximum absolute atomic E-state index is 12.8. The maximum atomic E-state index is 12.8. The summed E-state index contributed by atoms with van der Waals surface area (Å²) in [7, 11) is 1.55. The molecule has 1 aliphatic heterocycles. The molecule has 1 aromatic heterocycles. The number of hydrogen-bond donors (Lipinski definition) is 1. The van der Waals surface area contributed by atoms with Crippen LogP contribution in [0.15, 0.2) is 66.9 Å². The molecule has 0 bridgehead atoms. The van der Waals surface area contributed by atoms with Gasteiger partial charge >= 0.3 is 6.18 Å². The van der Waals surface area contributed by atoms with Gasteiger partial charge < -0.3 is 10.1 Å². The molecule has 0 aliphatic carbocycles. The number of methoxy groups -OCH3 is 1. The maximum Gasteiger partial charge on any atom is 0.416 e. The number of nitrogens with zero attached hydrogens (tertiary/aromatic N) is 3. The second kappa shape index (κ2) is 10.2. The number of nitrogens with one attached hydrogen (secondary N) is 1. The van der Waals surface area contributed by atoms with Gasteiger partial charge in [0.1, 0.15) is 0 Å². The number of rotatable bonds is 6. The summed E-state index contributed by atoms with van der Waals surface area (Å²) in [4.78, 5) is 19.2. The summed E-state index contributed by atoms with van der Waals surface area (Å²) < 4.78 is 43.6. The quantitative estimate of drug-likeness (QED) is 0.559. The van der Waals surface area contributed by atoms with Gasteiger partial charge in [0, 0.05) is 37.0 Å². The van der Waals surface area contributed by atoms with Gasteiger partial charge in [0.05, 0.1) is 30.3 Å². The standard InChI is InChI=1S/C26H23F3N4O2/c1-35-23-11-8-20(15-31-23)24(18-4-2-17(14-30)3-5-18)33-13-12-22(16-33)32-25(34)19-6-9-21(10-7-19)26(27,28)29/h2-11,15,22,24H,12-13,16H2,1H3,(H,32,34). The minimum absolute atomic E-state index is 0.158. The summed E-state index contributed by atoms with van der Waals surface area (Å²) in [6.07, 6.45) is -2.02. The molecule has 3 aromatic rings. The Hall–Kier alpha value is -3.90. The lowest BCUT2D eigenvalue weighted by Gasteiger charge is -2.29. The van der Waals surface area contributed by atoms with Crippen LogP contribution in [0.3, 0.4) is 0 Å². The van der Waals surface area contributed by atoms with Gasteiger partial charge in [-0.3, -0.25) is 9.69 Å². The van der Waals surface area contributed by atoms with E-state index in [4.69, 9.17) is 10.00 Å². The Labute approximate surface area is 201 Å². The highest BCUT2D eigenvalue weighted by molar-refractivity contribution is 5.94. The van der Waals surface area contributed by atoms with E-state index in [1.54, 1.807) is 31.5 Å². The SMILES string of the molecule is COc1ccc(C(c2ccc(C#N)cc2)N2CCC(NC(=O)c3ccc(C(F)(F)F)cc3)C2)cn1. The normalized spacial score (nSPS) is 16.9. The van der Waals surface area contributed by atoms with Crippen LogP contribution in [0.2, 0.25) is 0 Å². The van der Waals surface area contributed by atoms with Crippen LogP contribution in [0.4, 0.5) is 13.2 Å². The van der Waals surface area contributed by atoms with Gasteiger partial charge in [0.2, 0.25) is 5.88 Å². The molecule has 0 saturated carbocycles. The van der Waals surface area contributed by atoms with Crippen LogP contribution in [0.5, 0.6) is 5.88 Å². The fourth-order valence-corrected chi connectivity index (χ4v) is 4.25. The molecule has 0 spiro atoms. The van der Waals surface area contributed by atoms with Gasteiger partial charge in [0.15, 0.2) is 0 Å². The van der Waals surface area contributed by atoms with Crippen LogP contribution in [-0.4, -0.2) is 42.0 Å². The Morgan fingerprint density at radius 3 is 2.37 bits per heavy atom. The number of carbonyl (C=O) groups excluding carboxylic acids is 1. The van der Waals surface area contributed by atoms with Crippen LogP contribution in [0.25, 0.3) is 0 Å². The molecule has 2 unspecified atom stereocenters. The van der Waals surface area contributed by atoms with Crippen molar-refractivity contribution in [2.24, 2.45) is 0 Å². The first-order valence-electron chi connectivity index (χ1n) is 11.0. The highest BCUT2D eigenvalue weighted by Gasteiger charge is 2.32. The van der Waals surface area contributed by atoms with Crippen molar-refractivity contribution in [2.75, 3.05) is 20.2 Å². The molecule has 9 heteroatoms.